The molecule has 4 N–H and O–H groups in total. The molecule has 100 valence electrons. The average molecular weight is 258 g/mol. The Morgan fingerprint density at radius 3 is 2.42 bits per heavy atom. The molecule has 1 aromatic heterocycles. The number of nitrogens with zero attached hydrogens (tertiary/aromatic N) is 1. The average Bonchev–Trinajstić information content (AvgIpc) is 2.76. The van der Waals surface area contributed by atoms with Crippen molar-refractivity contribution < 1.29 is 4.79 Å². The molecule has 1 amide bonds. The van der Waals surface area contributed by atoms with Crippen LogP contribution in [0, 0.1) is 13.8 Å². The molecule has 1 heterocycles. The summed E-state index contributed by atoms with van der Waals surface area (Å²) in [4.78, 5) is 12.1. The smallest absolute Gasteiger partial charge is 0.255 e. The molecule has 0 saturated heterocycles. The molecular weight excluding hydrogens is 240 g/mol. The molecule has 0 atom stereocenters. The largest absolute Gasteiger partial charge is 0.348 e. The van der Waals surface area contributed by atoms with Crippen molar-refractivity contribution in [3.8, 4) is 0 Å². The van der Waals surface area contributed by atoms with Gasteiger partial charge in [0.25, 0.3) is 5.91 Å². The fourth-order valence-electron chi connectivity index (χ4n) is 1.95. The summed E-state index contributed by atoms with van der Waals surface area (Å²) in [5, 5.41) is 9.71. The second kappa shape index (κ2) is 5.67. The maximum absolute atomic E-state index is 12.1. The molecule has 2 aromatic rings. The zero-order chi connectivity index (χ0) is 13.8. The third-order valence-corrected chi connectivity index (χ3v) is 3.07. The van der Waals surface area contributed by atoms with Crippen molar-refractivity contribution in [1.82, 2.24) is 15.5 Å². The van der Waals surface area contributed by atoms with Crippen LogP contribution in [0.3, 0.4) is 0 Å². The second-order valence-electron chi connectivity index (χ2n) is 4.51. The molecule has 19 heavy (non-hydrogen) atoms. The standard InChI is InChI=1S/C14H18N4O/c1-9-13(10(2)18-17-9)14(19)16-8-12-5-3-11(7-15)4-6-12/h3-6H,7-8,15H2,1-2H3,(H,16,19)(H,17,18). The maximum atomic E-state index is 12.1. The fourth-order valence-corrected chi connectivity index (χ4v) is 1.95. The highest BCUT2D eigenvalue weighted by Gasteiger charge is 2.14. The van der Waals surface area contributed by atoms with Crippen LogP contribution in [0.4, 0.5) is 0 Å². The van der Waals surface area contributed by atoms with Crippen molar-refractivity contribution in [3.05, 3.63) is 52.3 Å². The minimum atomic E-state index is -0.105. The van der Waals surface area contributed by atoms with Crippen LogP contribution in [0.15, 0.2) is 24.3 Å². The Labute approximate surface area is 112 Å². The number of hydrogen-bond acceptors (Lipinski definition) is 3. The topological polar surface area (TPSA) is 83.8 Å². The Kier molecular flexibility index (Phi) is 3.97. The third-order valence-electron chi connectivity index (χ3n) is 3.07. The number of nitrogens with one attached hydrogen (secondary N) is 2. The second-order valence-corrected chi connectivity index (χ2v) is 4.51. The van der Waals surface area contributed by atoms with Crippen molar-refractivity contribution in [2.45, 2.75) is 26.9 Å². The Bertz CT molecular complexity index is 552. The summed E-state index contributed by atoms with van der Waals surface area (Å²) in [6.45, 7) is 4.67. The summed E-state index contributed by atoms with van der Waals surface area (Å²) in [6.07, 6.45) is 0. The summed E-state index contributed by atoms with van der Waals surface area (Å²) >= 11 is 0. The number of aromatic amines is 1. The van der Waals surface area contributed by atoms with E-state index in [0.29, 0.717) is 24.3 Å². The number of aromatic nitrogens is 2. The first kappa shape index (κ1) is 13.3. The van der Waals surface area contributed by atoms with Crippen LogP contribution in [0.5, 0.6) is 0 Å². The van der Waals surface area contributed by atoms with E-state index in [1.165, 1.54) is 0 Å². The van der Waals surface area contributed by atoms with Gasteiger partial charge in [-0.3, -0.25) is 9.89 Å². The molecule has 0 unspecified atom stereocenters. The van der Waals surface area contributed by atoms with Crippen molar-refractivity contribution in [2.24, 2.45) is 5.73 Å². The van der Waals surface area contributed by atoms with E-state index < -0.39 is 0 Å². The Morgan fingerprint density at radius 1 is 1.26 bits per heavy atom. The zero-order valence-corrected chi connectivity index (χ0v) is 11.2. The molecule has 2 rings (SSSR count). The number of rotatable bonds is 4. The summed E-state index contributed by atoms with van der Waals surface area (Å²) in [7, 11) is 0. The van der Waals surface area contributed by atoms with Crippen molar-refractivity contribution in [1.29, 1.82) is 0 Å². The van der Waals surface area contributed by atoms with Gasteiger partial charge in [-0.1, -0.05) is 24.3 Å². The summed E-state index contributed by atoms with van der Waals surface area (Å²) in [6, 6.07) is 7.88. The molecular formula is C14H18N4O. The highest BCUT2D eigenvalue weighted by atomic mass is 16.1. The van der Waals surface area contributed by atoms with Crippen molar-refractivity contribution in [3.63, 3.8) is 0 Å². The van der Waals surface area contributed by atoms with Crippen LogP contribution >= 0.6 is 0 Å². The molecule has 0 saturated carbocycles. The lowest BCUT2D eigenvalue weighted by Crippen LogP contribution is -2.23. The van der Waals surface area contributed by atoms with Gasteiger partial charge in [0.15, 0.2) is 0 Å². The quantitative estimate of drug-likeness (QED) is 0.775. The van der Waals surface area contributed by atoms with Gasteiger partial charge in [0.1, 0.15) is 0 Å². The van der Waals surface area contributed by atoms with Crippen LogP contribution in [-0.2, 0) is 13.1 Å². The molecule has 5 nitrogen and oxygen atoms in total. The van der Waals surface area contributed by atoms with Gasteiger partial charge >= 0.3 is 0 Å². The van der Waals surface area contributed by atoms with Crippen LogP contribution < -0.4 is 11.1 Å². The lowest BCUT2D eigenvalue weighted by Gasteiger charge is -2.06. The molecule has 5 heteroatoms. The highest BCUT2D eigenvalue weighted by molar-refractivity contribution is 5.96. The van der Waals surface area contributed by atoms with E-state index in [-0.39, 0.29) is 5.91 Å². The van der Waals surface area contributed by atoms with Gasteiger partial charge in [-0.25, -0.2) is 0 Å². The van der Waals surface area contributed by atoms with Crippen molar-refractivity contribution >= 4 is 5.91 Å². The normalized spacial score (nSPS) is 10.5. The van der Waals surface area contributed by atoms with Gasteiger partial charge in [-0.05, 0) is 25.0 Å². The number of nitrogens with two attached hydrogens (primary N) is 1. The van der Waals surface area contributed by atoms with Gasteiger partial charge in [-0.2, -0.15) is 5.10 Å². The lowest BCUT2D eigenvalue weighted by molar-refractivity contribution is 0.0950. The van der Waals surface area contributed by atoms with E-state index in [1.807, 2.05) is 38.1 Å². The first-order valence-corrected chi connectivity index (χ1v) is 6.19. The summed E-state index contributed by atoms with van der Waals surface area (Å²) < 4.78 is 0. The first-order valence-electron chi connectivity index (χ1n) is 6.19. The zero-order valence-electron chi connectivity index (χ0n) is 11.2. The number of amides is 1. The maximum Gasteiger partial charge on any atom is 0.255 e. The minimum Gasteiger partial charge on any atom is -0.348 e. The van der Waals surface area contributed by atoms with E-state index in [1.54, 1.807) is 0 Å². The predicted octanol–water partition coefficient (Wildman–Crippen LogP) is 1.42. The number of carbonyl (C=O) groups excluding carboxylic acids is 1. The van der Waals surface area contributed by atoms with Crippen LogP contribution in [0.25, 0.3) is 0 Å². The Hall–Kier alpha value is -2.14. The summed E-state index contributed by atoms with van der Waals surface area (Å²) in [5.74, 6) is -0.105. The first-order chi connectivity index (χ1) is 9.11. The van der Waals surface area contributed by atoms with Crippen molar-refractivity contribution in [2.75, 3.05) is 0 Å². The van der Waals surface area contributed by atoms with Crippen LogP contribution in [-0.4, -0.2) is 16.1 Å². The van der Waals surface area contributed by atoms with Crippen LogP contribution in [0.1, 0.15) is 32.9 Å². The number of benzene rings is 1. The SMILES string of the molecule is Cc1n[nH]c(C)c1C(=O)NCc1ccc(CN)cc1. The molecule has 1 aromatic carbocycles. The van der Waals surface area contributed by atoms with Gasteiger partial charge in [0.05, 0.1) is 11.3 Å². The molecule has 0 radical (unpaired) electrons. The van der Waals surface area contributed by atoms with Gasteiger partial charge < -0.3 is 11.1 Å². The highest BCUT2D eigenvalue weighted by Crippen LogP contribution is 2.09. The molecule has 0 fully saturated rings. The molecule has 0 aliphatic heterocycles. The lowest BCUT2D eigenvalue weighted by atomic mass is 10.1. The molecule has 0 bridgehead atoms. The minimum absolute atomic E-state index is 0.105. The van der Waals surface area contributed by atoms with Crippen LogP contribution in [0.2, 0.25) is 0 Å². The van der Waals surface area contributed by atoms with E-state index in [4.69, 9.17) is 5.73 Å². The van der Waals surface area contributed by atoms with Gasteiger partial charge in [0, 0.05) is 18.8 Å². The third kappa shape index (κ3) is 3.00. The number of aryl methyl sites for hydroxylation is 2. The Balaban J connectivity index is 2.00. The molecule has 0 aliphatic carbocycles. The van der Waals surface area contributed by atoms with E-state index in [2.05, 4.69) is 15.5 Å². The molecule has 0 aliphatic rings. The predicted molar refractivity (Wildman–Crippen MR) is 73.6 cm³/mol. The Morgan fingerprint density at radius 2 is 1.89 bits per heavy atom. The number of hydrogen-bond donors (Lipinski definition) is 3. The monoisotopic (exact) mass is 258 g/mol. The van der Waals surface area contributed by atoms with E-state index >= 15 is 0 Å². The van der Waals surface area contributed by atoms with Gasteiger partial charge in [-0.15, -0.1) is 0 Å². The fraction of sp³-hybridized carbons (Fsp3) is 0.286. The number of H-pyrrole nitrogens is 1. The van der Waals surface area contributed by atoms with Gasteiger partial charge in [0.2, 0.25) is 0 Å². The number of carbonyl (C=O) groups is 1. The van der Waals surface area contributed by atoms with E-state index in [9.17, 15) is 4.79 Å². The summed E-state index contributed by atoms with van der Waals surface area (Å²) in [5.41, 5.74) is 9.79. The van der Waals surface area contributed by atoms with E-state index in [0.717, 1.165) is 16.8 Å². The molecule has 0 spiro atoms.